The van der Waals surface area contributed by atoms with Crippen LogP contribution in [0.15, 0.2) is 22.7 Å². The quantitative estimate of drug-likeness (QED) is 0.834. The Kier molecular flexibility index (Phi) is 4.59. The van der Waals surface area contributed by atoms with Crippen molar-refractivity contribution in [2.24, 2.45) is 0 Å². The van der Waals surface area contributed by atoms with Gasteiger partial charge in [0.25, 0.3) is 0 Å². The Morgan fingerprint density at radius 2 is 2.05 bits per heavy atom. The van der Waals surface area contributed by atoms with Crippen molar-refractivity contribution in [3.63, 3.8) is 0 Å². The third kappa shape index (κ3) is 3.72. The van der Waals surface area contributed by atoms with Gasteiger partial charge in [0.15, 0.2) is 0 Å². The monoisotopic (exact) mass is 364 g/mol. The average Bonchev–Trinajstić information content (AvgIpc) is 2.36. The highest BCUT2D eigenvalue weighted by Gasteiger charge is 2.39. The molecule has 1 aliphatic rings. The van der Waals surface area contributed by atoms with Crippen LogP contribution in [0.4, 0.5) is 18.9 Å². The SMILES string of the molecule is CCC1CNC(C)(C)CN1c1ccc(Br)cc1C(F)(F)F. The van der Waals surface area contributed by atoms with Gasteiger partial charge in [0.1, 0.15) is 0 Å². The van der Waals surface area contributed by atoms with E-state index >= 15 is 0 Å². The van der Waals surface area contributed by atoms with Crippen LogP contribution in [0.2, 0.25) is 0 Å². The molecule has 2 rings (SSSR count). The van der Waals surface area contributed by atoms with Crippen LogP contribution in [0.3, 0.4) is 0 Å². The second-order valence-electron chi connectivity index (χ2n) is 6.11. The van der Waals surface area contributed by atoms with Crippen LogP contribution in [0.25, 0.3) is 0 Å². The number of benzene rings is 1. The van der Waals surface area contributed by atoms with Gasteiger partial charge in [-0.05, 0) is 38.5 Å². The molecule has 0 saturated carbocycles. The van der Waals surface area contributed by atoms with Crippen molar-refractivity contribution < 1.29 is 13.2 Å². The summed E-state index contributed by atoms with van der Waals surface area (Å²) in [6.45, 7) is 7.27. The van der Waals surface area contributed by atoms with Gasteiger partial charge in [-0.1, -0.05) is 22.9 Å². The maximum absolute atomic E-state index is 13.3. The highest BCUT2D eigenvalue weighted by atomic mass is 79.9. The molecule has 1 heterocycles. The highest BCUT2D eigenvalue weighted by Crippen LogP contribution is 2.40. The first-order valence-corrected chi connectivity index (χ1v) is 7.82. The molecule has 1 aromatic rings. The minimum Gasteiger partial charge on any atom is -0.365 e. The van der Waals surface area contributed by atoms with E-state index in [2.05, 4.69) is 21.2 Å². The minimum absolute atomic E-state index is 0.0697. The molecule has 0 spiro atoms. The molecule has 1 fully saturated rings. The van der Waals surface area contributed by atoms with Crippen LogP contribution in [0, 0.1) is 0 Å². The van der Waals surface area contributed by atoms with Crippen LogP contribution >= 0.6 is 15.9 Å². The number of rotatable bonds is 2. The lowest BCUT2D eigenvalue weighted by Crippen LogP contribution is -2.62. The summed E-state index contributed by atoms with van der Waals surface area (Å²) in [6.07, 6.45) is -3.55. The van der Waals surface area contributed by atoms with Gasteiger partial charge >= 0.3 is 6.18 Å². The molecule has 1 unspecified atom stereocenters. The number of alkyl halides is 3. The first-order chi connectivity index (χ1) is 9.64. The van der Waals surface area contributed by atoms with E-state index in [1.807, 2.05) is 25.7 Å². The predicted molar refractivity (Wildman–Crippen MR) is 82.7 cm³/mol. The van der Waals surface area contributed by atoms with Crippen LogP contribution in [-0.4, -0.2) is 24.7 Å². The molecule has 0 aliphatic carbocycles. The van der Waals surface area contributed by atoms with E-state index in [1.54, 1.807) is 12.1 Å². The maximum atomic E-state index is 13.3. The Balaban J connectivity index is 2.48. The van der Waals surface area contributed by atoms with Crippen molar-refractivity contribution in [2.75, 3.05) is 18.0 Å². The minimum atomic E-state index is -4.35. The number of piperazine rings is 1. The molecular weight excluding hydrogens is 345 g/mol. The van der Waals surface area contributed by atoms with Gasteiger partial charge < -0.3 is 10.2 Å². The summed E-state index contributed by atoms with van der Waals surface area (Å²) in [6, 6.07) is 4.47. The standard InChI is InChI=1S/C15H20BrF3N2/c1-4-11-8-20-14(2,3)9-21(11)13-6-5-10(16)7-12(13)15(17,18)19/h5-7,11,20H,4,8-9H2,1-3H3. The molecule has 1 N–H and O–H groups in total. The van der Waals surface area contributed by atoms with Crippen molar-refractivity contribution in [1.29, 1.82) is 0 Å². The van der Waals surface area contributed by atoms with E-state index in [9.17, 15) is 13.2 Å². The summed E-state index contributed by atoms with van der Waals surface area (Å²) < 4.78 is 40.5. The number of nitrogens with zero attached hydrogens (tertiary/aromatic N) is 1. The molecule has 118 valence electrons. The first kappa shape index (κ1) is 16.6. The maximum Gasteiger partial charge on any atom is 0.418 e. The van der Waals surface area contributed by atoms with E-state index in [0.29, 0.717) is 17.6 Å². The molecule has 2 nitrogen and oxygen atoms in total. The zero-order valence-corrected chi connectivity index (χ0v) is 14.0. The number of hydrogen-bond acceptors (Lipinski definition) is 2. The molecule has 6 heteroatoms. The van der Waals surface area contributed by atoms with Crippen molar-refractivity contribution in [1.82, 2.24) is 5.32 Å². The van der Waals surface area contributed by atoms with Crippen LogP contribution in [-0.2, 0) is 6.18 Å². The molecule has 0 amide bonds. The van der Waals surface area contributed by atoms with E-state index in [1.165, 1.54) is 0 Å². The van der Waals surface area contributed by atoms with Crippen molar-refractivity contribution in [3.8, 4) is 0 Å². The fourth-order valence-electron chi connectivity index (χ4n) is 2.75. The summed E-state index contributed by atoms with van der Waals surface area (Å²) in [5.41, 5.74) is -0.512. The van der Waals surface area contributed by atoms with E-state index in [-0.39, 0.29) is 17.3 Å². The number of hydrogen-bond donors (Lipinski definition) is 1. The van der Waals surface area contributed by atoms with Gasteiger partial charge in [-0.3, -0.25) is 0 Å². The van der Waals surface area contributed by atoms with Crippen LogP contribution in [0.1, 0.15) is 32.8 Å². The Bertz CT molecular complexity index is 514. The zero-order chi connectivity index (χ0) is 15.8. The molecular formula is C15H20BrF3N2. The molecule has 1 saturated heterocycles. The molecule has 1 aliphatic heterocycles. The summed E-state index contributed by atoms with van der Waals surface area (Å²) in [4.78, 5) is 1.89. The van der Waals surface area contributed by atoms with E-state index < -0.39 is 11.7 Å². The van der Waals surface area contributed by atoms with Gasteiger partial charge in [-0.15, -0.1) is 0 Å². The third-order valence-corrected chi connectivity index (χ3v) is 4.36. The van der Waals surface area contributed by atoms with Gasteiger partial charge in [-0.25, -0.2) is 0 Å². The summed E-state index contributed by atoms with van der Waals surface area (Å²) >= 11 is 3.14. The number of anilines is 1. The number of nitrogens with one attached hydrogen (secondary N) is 1. The smallest absolute Gasteiger partial charge is 0.365 e. The zero-order valence-electron chi connectivity index (χ0n) is 12.4. The van der Waals surface area contributed by atoms with E-state index in [4.69, 9.17) is 0 Å². The van der Waals surface area contributed by atoms with Crippen molar-refractivity contribution in [2.45, 2.75) is 44.9 Å². The van der Waals surface area contributed by atoms with Crippen LogP contribution in [0.5, 0.6) is 0 Å². The largest absolute Gasteiger partial charge is 0.418 e. The number of halogens is 4. The Labute approximate surface area is 131 Å². The normalized spacial score (nSPS) is 22.4. The van der Waals surface area contributed by atoms with Gasteiger partial charge in [0.05, 0.1) is 5.56 Å². The second kappa shape index (κ2) is 5.80. The van der Waals surface area contributed by atoms with Crippen LogP contribution < -0.4 is 10.2 Å². The lowest BCUT2D eigenvalue weighted by molar-refractivity contribution is -0.137. The molecule has 21 heavy (non-hydrogen) atoms. The fourth-order valence-corrected chi connectivity index (χ4v) is 3.11. The lowest BCUT2D eigenvalue weighted by atomic mass is 9.96. The molecule has 0 bridgehead atoms. The van der Waals surface area contributed by atoms with E-state index in [0.717, 1.165) is 12.5 Å². The first-order valence-electron chi connectivity index (χ1n) is 7.02. The van der Waals surface area contributed by atoms with Crippen molar-refractivity contribution in [3.05, 3.63) is 28.2 Å². The summed E-state index contributed by atoms with van der Waals surface area (Å²) in [7, 11) is 0. The summed E-state index contributed by atoms with van der Waals surface area (Å²) in [5, 5.41) is 3.40. The molecule has 0 radical (unpaired) electrons. The van der Waals surface area contributed by atoms with Gasteiger partial charge in [0, 0.05) is 34.8 Å². The van der Waals surface area contributed by atoms with Crippen molar-refractivity contribution >= 4 is 21.6 Å². The Morgan fingerprint density at radius 3 is 2.62 bits per heavy atom. The summed E-state index contributed by atoms with van der Waals surface area (Å²) in [5.74, 6) is 0. The second-order valence-corrected chi connectivity index (χ2v) is 7.03. The third-order valence-electron chi connectivity index (χ3n) is 3.87. The average molecular weight is 365 g/mol. The van der Waals surface area contributed by atoms with Gasteiger partial charge in [0.2, 0.25) is 0 Å². The molecule has 1 atom stereocenters. The fraction of sp³-hybridized carbons (Fsp3) is 0.600. The predicted octanol–water partition coefficient (Wildman–Crippen LogP) is 4.43. The highest BCUT2D eigenvalue weighted by molar-refractivity contribution is 9.10. The molecule has 0 aromatic heterocycles. The Morgan fingerprint density at radius 1 is 1.38 bits per heavy atom. The topological polar surface area (TPSA) is 15.3 Å². The Hall–Kier alpha value is -0.750. The lowest BCUT2D eigenvalue weighted by Gasteiger charge is -2.46. The van der Waals surface area contributed by atoms with Gasteiger partial charge in [-0.2, -0.15) is 13.2 Å². The molecule has 1 aromatic carbocycles.